The van der Waals surface area contributed by atoms with E-state index in [-0.39, 0.29) is 24.6 Å². The molecule has 3 aromatic heterocycles. The lowest BCUT2D eigenvalue weighted by molar-refractivity contribution is 0.537. The first-order valence-electron chi connectivity index (χ1n) is 9.33. The summed E-state index contributed by atoms with van der Waals surface area (Å²) in [6, 6.07) is 6.53. The predicted molar refractivity (Wildman–Crippen MR) is 112 cm³/mol. The molecule has 0 fully saturated rings. The van der Waals surface area contributed by atoms with Crippen LogP contribution >= 0.6 is 0 Å². The van der Waals surface area contributed by atoms with Crippen LogP contribution in [0.1, 0.15) is 20.8 Å². The van der Waals surface area contributed by atoms with Gasteiger partial charge in [0, 0.05) is 26.3 Å². The number of nitrogens with one attached hydrogen (secondary N) is 1. The minimum Gasteiger partial charge on any atom is -0.373 e. The third kappa shape index (κ3) is 3.78. The number of aromatic nitrogens is 4. The quantitative estimate of drug-likeness (QED) is 0.536. The van der Waals surface area contributed by atoms with Crippen LogP contribution < -0.4 is 10.9 Å². The van der Waals surface area contributed by atoms with Gasteiger partial charge in [0.15, 0.2) is 5.82 Å². The molecule has 0 bridgehead atoms. The van der Waals surface area contributed by atoms with Crippen molar-refractivity contribution in [3.8, 4) is 5.69 Å². The molecule has 0 aliphatic carbocycles. The van der Waals surface area contributed by atoms with Crippen LogP contribution in [0.3, 0.4) is 0 Å². The summed E-state index contributed by atoms with van der Waals surface area (Å²) in [5.41, 5.74) is -0.258. The van der Waals surface area contributed by atoms with Crippen LogP contribution in [-0.4, -0.2) is 26.4 Å². The summed E-state index contributed by atoms with van der Waals surface area (Å²) in [6.07, 6.45) is 3.70. The Morgan fingerprint density at radius 2 is 1.77 bits per heavy atom. The number of anilines is 1. The summed E-state index contributed by atoms with van der Waals surface area (Å²) in [4.78, 5) is 16.7. The summed E-state index contributed by atoms with van der Waals surface area (Å²) < 4.78 is 44.5. The Bertz CT molecular complexity index is 1240. The molecule has 0 atom stereocenters. The summed E-state index contributed by atoms with van der Waals surface area (Å²) in [7, 11) is 1.63. The Labute approximate surface area is 172 Å². The van der Waals surface area contributed by atoms with E-state index < -0.39 is 23.0 Å². The molecule has 0 aliphatic heterocycles. The second kappa shape index (κ2) is 8.81. The Balaban J connectivity index is 0.00000111. The topological polar surface area (TPSA) is 64.7 Å². The Hall–Kier alpha value is -3.62. The van der Waals surface area contributed by atoms with Crippen LogP contribution in [0.4, 0.5) is 19.0 Å². The van der Waals surface area contributed by atoms with E-state index >= 15 is 0 Å². The highest BCUT2D eigenvalue weighted by Crippen LogP contribution is 2.19. The first-order valence-corrected chi connectivity index (χ1v) is 9.33. The molecule has 4 aromatic rings. The monoisotopic (exact) mass is 417 g/mol. The first kappa shape index (κ1) is 21.1. The van der Waals surface area contributed by atoms with Crippen molar-refractivity contribution in [2.45, 2.75) is 20.4 Å². The van der Waals surface area contributed by atoms with E-state index in [1.807, 2.05) is 13.8 Å². The SMILES string of the molecule is CC.CNc1cc(-n2ccc3c(cnn3Cc3c(F)cccc3F)c2=O)c(F)cn1.[HH]. The molecule has 4 rings (SSSR count). The summed E-state index contributed by atoms with van der Waals surface area (Å²) in [5.74, 6) is -1.67. The molecule has 1 N–H and O–H groups in total. The molecular formula is C21H22F3N5O. The molecule has 3 heterocycles. The smallest absolute Gasteiger partial charge is 0.266 e. The molecule has 30 heavy (non-hydrogen) atoms. The molecule has 0 amide bonds. The molecule has 0 radical (unpaired) electrons. The average Bonchev–Trinajstić information content (AvgIpc) is 3.17. The minimum atomic E-state index is -0.699. The van der Waals surface area contributed by atoms with Gasteiger partial charge in [-0.05, 0) is 18.2 Å². The number of halogens is 3. The maximum Gasteiger partial charge on any atom is 0.266 e. The van der Waals surface area contributed by atoms with Gasteiger partial charge in [-0.3, -0.25) is 14.0 Å². The summed E-state index contributed by atoms with van der Waals surface area (Å²) in [5, 5.41) is 7.05. The summed E-state index contributed by atoms with van der Waals surface area (Å²) in [6.45, 7) is 3.82. The molecule has 0 unspecified atom stereocenters. The fourth-order valence-electron chi connectivity index (χ4n) is 2.98. The van der Waals surface area contributed by atoms with Crippen molar-refractivity contribution in [1.82, 2.24) is 19.3 Å². The molecule has 1 aromatic carbocycles. The van der Waals surface area contributed by atoms with E-state index in [9.17, 15) is 18.0 Å². The van der Waals surface area contributed by atoms with Crippen molar-refractivity contribution < 1.29 is 14.6 Å². The predicted octanol–water partition coefficient (Wildman–Crippen LogP) is 4.36. The third-order valence-corrected chi connectivity index (χ3v) is 4.43. The fourth-order valence-corrected chi connectivity index (χ4v) is 2.98. The zero-order chi connectivity index (χ0) is 21.8. The molecule has 0 saturated heterocycles. The first-order chi connectivity index (χ1) is 14.5. The lowest BCUT2D eigenvalue weighted by Gasteiger charge is -2.10. The largest absolute Gasteiger partial charge is 0.373 e. The van der Waals surface area contributed by atoms with Crippen LogP contribution in [0.25, 0.3) is 16.6 Å². The van der Waals surface area contributed by atoms with Crippen molar-refractivity contribution >= 4 is 16.7 Å². The second-order valence-corrected chi connectivity index (χ2v) is 6.06. The maximum atomic E-state index is 14.2. The Morgan fingerprint density at radius 1 is 1.07 bits per heavy atom. The highest BCUT2D eigenvalue weighted by molar-refractivity contribution is 5.78. The van der Waals surface area contributed by atoms with Crippen LogP contribution in [0.5, 0.6) is 0 Å². The van der Waals surface area contributed by atoms with Crippen LogP contribution in [0.2, 0.25) is 0 Å². The zero-order valence-corrected chi connectivity index (χ0v) is 16.7. The average molecular weight is 417 g/mol. The minimum absolute atomic E-state index is 0. The van der Waals surface area contributed by atoms with Crippen molar-refractivity contribution in [1.29, 1.82) is 0 Å². The molecule has 0 spiro atoms. The second-order valence-electron chi connectivity index (χ2n) is 6.06. The van der Waals surface area contributed by atoms with Gasteiger partial charge in [0.05, 0.1) is 35.5 Å². The van der Waals surface area contributed by atoms with Crippen LogP contribution in [0, 0.1) is 17.5 Å². The number of hydrogen-bond donors (Lipinski definition) is 1. The third-order valence-electron chi connectivity index (χ3n) is 4.43. The lowest BCUT2D eigenvalue weighted by atomic mass is 10.2. The molecule has 0 aliphatic rings. The van der Waals surface area contributed by atoms with Gasteiger partial charge < -0.3 is 5.32 Å². The van der Waals surface area contributed by atoms with Gasteiger partial charge in [0.2, 0.25) is 0 Å². The van der Waals surface area contributed by atoms with Gasteiger partial charge in [-0.25, -0.2) is 18.2 Å². The number of fused-ring (bicyclic) bond motifs is 1. The number of rotatable bonds is 4. The molecule has 0 saturated carbocycles. The van der Waals surface area contributed by atoms with Gasteiger partial charge in [-0.15, -0.1) is 0 Å². The van der Waals surface area contributed by atoms with Gasteiger partial charge in [0.25, 0.3) is 5.56 Å². The van der Waals surface area contributed by atoms with Gasteiger partial charge >= 0.3 is 0 Å². The molecular weight excluding hydrogens is 395 g/mol. The normalized spacial score (nSPS) is 10.6. The van der Waals surface area contributed by atoms with Crippen molar-refractivity contribution in [3.05, 3.63) is 82.3 Å². The fraction of sp³-hybridized carbons (Fsp3) is 0.190. The molecule has 9 heteroatoms. The molecule has 158 valence electrons. The van der Waals surface area contributed by atoms with E-state index in [0.29, 0.717) is 11.3 Å². The maximum absolute atomic E-state index is 14.2. The summed E-state index contributed by atoms with van der Waals surface area (Å²) >= 11 is 0. The number of nitrogens with zero attached hydrogens (tertiary/aromatic N) is 4. The number of hydrogen-bond acceptors (Lipinski definition) is 4. The van der Waals surface area contributed by atoms with Crippen molar-refractivity contribution in [3.63, 3.8) is 0 Å². The highest BCUT2D eigenvalue weighted by Gasteiger charge is 2.15. The van der Waals surface area contributed by atoms with E-state index in [1.54, 1.807) is 13.1 Å². The van der Waals surface area contributed by atoms with Crippen molar-refractivity contribution in [2.24, 2.45) is 0 Å². The Kier molecular flexibility index (Phi) is 6.20. The van der Waals surface area contributed by atoms with Crippen molar-refractivity contribution in [2.75, 3.05) is 12.4 Å². The van der Waals surface area contributed by atoms with E-state index in [0.717, 1.165) is 22.9 Å². The standard InChI is InChI=1S/C19H14F3N5O.C2H6.H2/c1-23-18-7-17(15(22)9-24-18)26-6-5-16-11(19(26)28)8-25-27(16)10-12-13(20)3-2-4-14(12)21;1-2;/h2-9H,10H2,1H3,(H,23,24);1-2H3;1H. The molecule has 6 nitrogen and oxygen atoms in total. The van der Waals surface area contributed by atoms with Gasteiger partial charge in [-0.1, -0.05) is 19.9 Å². The van der Waals surface area contributed by atoms with Gasteiger partial charge in [-0.2, -0.15) is 5.10 Å². The van der Waals surface area contributed by atoms with E-state index in [4.69, 9.17) is 0 Å². The zero-order valence-electron chi connectivity index (χ0n) is 16.7. The van der Waals surface area contributed by atoms with Crippen LogP contribution in [-0.2, 0) is 6.54 Å². The highest BCUT2D eigenvalue weighted by atomic mass is 19.1. The Morgan fingerprint density at radius 3 is 2.43 bits per heavy atom. The van der Waals surface area contributed by atoms with Crippen LogP contribution in [0.15, 0.2) is 53.7 Å². The van der Waals surface area contributed by atoms with E-state index in [1.165, 1.54) is 29.2 Å². The number of pyridine rings is 2. The van der Waals surface area contributed by atoms with Gasteiger partial charge in [0.1, 0.15) is 17.5 Å². The number of benzene rings is 1. The van der Waals surface area contributed by atoms with E-state index in [2.05, 4.69) is 15.4 Å². The lowest BCUT2D eigenvalue weighted by Crippen LogP contribution is -2.19.